The third kappa shape index (κ3) is 5.62. The van der Waals surface area contributed by atoms with Gasteiger partial charge in [-0.05, 0) is 12.1 Å². The summed E-state index contributed by atoms with van der Waals surface area (Å²) in [5.74, 6) is -2.74. The van der Waals surface area contributed by atoms with Crippen LogP contribution >= 0.6 is 0 Å². The number of ether oxygens (including phenoxy) is 1. The highest BCUT2D eigenvalue weighted by Crippen LogP contribution is 2.25. The Balaban J connectivity index is 1.99. The molecule has 0 bridgehead atoms. The van der Waals surface area contributed by atoms with Gasteiger partial charge in [-0.3, -0.25) is 14.0 Å². The van der Waals surface area contributed by atoms with E-state index in [1.165, 1.54) is 0 Å². The molecule has 1 fully saturated rings. The number of rotatable bonds is 7. The van der Waals surface area contributed by atoms with Crippen LogP contribution in [0.3, 0.4) is 0 Å². The molecule has 25 heavy (non-hydrogen) atoms. The zero-order chi connectivity index (χ0) is 18.4. The van der Waals surface area contributed by atoms with Crippen molar-refractivity contribution in [2.45, 2.75) is 0 Å². The number of amides is 1. The second kappa shape index (κ2) is 8.54. The quantitative estimate of drug-likeness (QED) is 0.733. The van der Waals surface area contributed by atoms with Gasteiger partial charge in [0.15, 0.2) is 11.6 Å². The number of nitrogens with zero attached hydrogens (tertiary/aromatic N) is 2. The van der Waals surface area contributed by atoms with Crippen LogP contribution in [0.4, 0.5) is 14.5 Å². The fraction of sp³-hybridized carbons (Fsp3) is 0.533. The van der Waals surface area contributed by atoms with Crippen molar-refractivity contribution < 1.29 is 26.7 Å². The SMILES string of the molecule is CS(=O)(=O)N(CC(=O)NCCN1CCOCC1)c1c(F)cccc1F. The molecular weight excluding hydrogens is 356 g/mol. The number of hydrogen-bond donors (Lipinski definition) is 1. The van der Waals surface area contributed by atoms with E-state index < -0.39 is 39.8 Å². The molecule has 0 radical (unpaired) electrons. The average molecular weight is 377 g/mol. The van der Waals surface area contributed by atoms with Gasteiger partial charge in [0.1, 0.15) is 12.2 Å². The Morgan fingerprint density at radius 3 is 2.44 bits per heavy atom. The highest BCUT2D eigenvalue weighted by molar-refractivity contribution is 7.92. The van der Waals surface area contributed by atoms with Gasteiger partial charge < -0.3 is 10.1 Å². The van der Waals surface area contributed by atoms with Crippen LogP contribution in [0.1, 0.15) is 0 Å². The summed E-state index contributed by atoms with van der Waals surface area (Å²) in [6.45, 7) is 2.96. The lowest BCUT2D eigenvalue weighted by molar-refractivity contribution is -0.119. The Bertz CT molecular complexity index is 688. The first-order valence-corrected chi connectivity index (χ1v) is 9.62. The van der Waals surface area contributed by atoms with Crippen molar-refractivity contribution in [3.05, 3.63) is 29.8 Å². The molecule has 0 saturated carbocycles. The van der Waals surface area contributed by atoms with Crippen molar-refractivity contribution >= 4 is 21.6 Å². The van der Waals surface area contributed by atoms with Gasteiger partial charge in [-0.25, -0.2) is 17.2 Å². The number of sulfonamides is 1. The highest BCUT2D eigenvalue weighted by atomic mass is 32.2. The Morgan fingerprint density at radius 2 is 1.88 bits per heavy atom. The van der Waals surface area contributed by atoms with E-state index in [1.54, 1.807) is 0 Å². The summed E-state index contributed by atoms with van der Waals surface area (Å²) in [6, 6.07) is 3.00. The molecule has 1 aromatic rings. The minimum atomic E-state index is -4.04. The smallest absolute Gasteiger partial charge is 0.240 e. The molecule has 0 aliphatic carbocycles. The molecule has 10 heteroatoms. The lowest BCUT2D eigenvalue weighted by Gasteiger charge is -2.27. The molecule has 1 N–H and O–H groups in total. The monoisotopic (exact) mass is 377 g/mol. The fourth-order valence-corrected chi connectivity index (χ4v) is 3.31. The molecule has 1 amide bonds. The second-order valence-electron chi connectivity index (χ2n) is 5.64. The first-order valence-electron chi connectivity index (χ1n) is 7.77. The average Bonchev–Trinajstić information content (AvgIpc) is 2.54. The van der Waals surface area contributed by atoms with Crippen molar-refractivity contribution in [3.8, 4) is 0 Å². The largest absolute Gasteiger partial charge is 0.379 e. The number of benzene rings is 1. The molecule has 1 aliphatic rings. The van der Waals surface area contributed by atoms with Crippen LogP contribution < -0.4 is 9.62 Å². The molecular formula is C15H21F2N3O4S. The van der Waals surface area contributed by atoms with Crippen LogP contribution in [0, 0.1) is 11.6 Å². The van der Waals surface area contributed by atoms with Crippen LogP contribution in [0.2, 0.25) is 0 Å². The van der Waals surface area contributed by atoms with Crippen molar-refractivity contribution in [1.29, 1.82) is 0 Å². The van der Waals surface area contributed by atoms with Gasteiger partial charge >= 0.3 is 0 Å². The zero-order valence-electron chi connectivity index (χ0n) is 13.9. The number of hydrogen-bond acceptors (Lipinski definition) is 5. The van der Waals surface area contributed by atoms with Crippen molar-refractivity contribution in [3.63, 3.8) is 0 Å². The number of carbonyl (C=O) groups excluding carboxylic acids is 1. The van der Waals surface area contributed by atoms with Crippen molar-refractivity contribution in [2.75, 3.05) is 56.5 Å². The summed E-state index contributed by atoms with van der Waals surface area (Å²) >= 11 is 0. The summed E-state index contributed by atoms with van der Waals surface area (Å²) in [7, 11) is -4.04. The maximum absolute atomic E-state index is 13.9. The topological polar surface area (TPSA) is 79.0 Å². The molecule has 0 aromatic heterocycles. The van der Waals surface area contributed by atoms with Crippen LogP contribution in [0.25, 0.3) is 0 Å². The molecule has 2 rings (SSSR count). The number of nitrogens with one attached hydrogen (secondary N) is 1. The van der Waals surface area contributed by atoms with Gasteiger partial charge in [0.05, 0.1) is 19.5 Å². The van der Waals surface area contributed by atoms with Gasteiger partial charge in [-0.2, -0.15) is 0 Å². The van der Waals surface area contributed by atoms with E-state index >= 15 is 0 Å². The summed E-state index contributed by atoms with van der Waals surface area (Å²) in [5, 5.41) is 2.57. The molecule has 1 aliphatic heterocycles. The Kier molecular flexibility index (Phi) is 6.68. The van der Waals surface area contributed by atoms with Gasteiger partial charge in [0.25, 0.3) is 0 Å². The molecule has 1 saturated heterocycles. The minimum absolute atomic E-state index is 0.302. The Hall–Kier alpha value is -1.78. The highest BCUT2D eigenvalue weighted by Gasteiger charge is 2.26. The van der Waals surface area contributed by atoms with E-state index in [-0.39, 0.29) is 0 Å². The van der Waals surface area contributed by atoms with Crippen LogP contribution in [-0.4, -0.2) is 71.4 Å². The van der Waals surface area contributed by atoms with Crippen molar-refractivity contribution in [1.82, 2.24) is 10.2 Å². The number of halogens is 2. The van der Waals surface area contributed by atoms with Gasteiger partial charge in [-0.15, -0.1) is 0 Å². The number of carbonyl (C=O) groups is 1. The van der Waals surface area contributed by atoms with E-state index in [0.717, 1.165) is 37.5 Å². The van der Waals surface area contributed by atoms with Crippen molar-refractivity contribution in [2.24, 2.45) is 0 Å². The predicted molar refractivity (Wildman–Crippen MR) is 88.8 cm³/mol. The molecule has 7 nitrogen and oxygen atoms in total. The predicted octanol–water partition coefficient (Wildman–Crippen LogP) is 0.179. The van der Waals surface area contributed by atoms with Gasteiger partial charge in [0.2, 0.25) is 15.9 Å². The minimum Gasteiger partial charge on any atom is -0.379 e. The number of anilines is 1. The van der Waals surface area contributed by atoms with E-state index in [1.807, 2.05) is 0 Å². The molecule has 0 atom stereocenters. The second-order valence-corrected chi connectivity index (χ2v) is 7.55. The number of para-hydroxylation sites is 1. The normalized spacial score (nSPS) is 15.8. The zero-order valence-corrected chi connectivity index (χ0v) is 14.7. The summed E-state index contributed by atoms with van der Waals surface area (Å²) < 4.78 is 57.2. The lowest BCUT2D eigenvalue weighted by atomic mass is 10.3. The molecule has 1 heterocycles. The maximum Gasteiger partial charge on any atom is 0.240 e. The fourth-order valence-electron chi connectivity index (χ4n) is 2.45. The lowest BCUT2D eigenvalue weighted by Crippen LogP contribution is -2.45. The first-order chi connectivity index (χ1) is 11.8. The Morgan fingerprint density at radius 1 is 1.28 bits per heavy atom. The van der Waals surface area contributed by atoms with Crippen LogP contribution in [0.5, 0.6) is 0 Å². The molecule has 0 spiro atoms. The van der Waals surface area contributed by atoms with E-state index in [4.69, 9.17) is 4.74 Å². The standard InChI is InChI=1S/C15H21F2N3O4S/c1-25(22,23)20(15-12(16)3-2-4-13(15)17)11-14(21)18-5-6-19-7-9-24-10-8-19/h2-4H,5-11H2,1H3,(H,18,21). The van der Waals surface area contributed by atoms with Crippen LogP contribution in [-0.2, 0) is 19.6 Å². The molecule has 140 valence electrons. The maximum atomic E-state index is 13.9. The van der Waals surface area contributed by atoms with E-state index in [9.17, 15) is 22.0 Å². The van der Waals surface area contributed by atoms with Gasteiger partial charge in [-0.1, -0.05) is 6.07 Å². The van der Waals surface area contributed by atoms with E-state index in [0.29, 0.717) is 30.6 Å². The van der Waals surface area contributed by atoms with Crippen LogP contribution in [0.15, 0.2) is 18.2 Å². The number of morpholine rings is 1. The third-order valence-electron chi connectivity index (χ3n) is 3.73. The summed E-state index contributed by atoms with van der Waals surface area (Å²) in [4.78, 5) is 14.1. The third-order valence-corrected chi connectivity index (χ3v) is 4.84. The molecule has 0 unspecified atom stereocenters. The van der Waals surface area contributed by atoms with E-state index in [2.05, 4.69) is 10.2 Å². The summed E-state index contributed by atoms with van der Waals surface area (Å²) in [6.07, 6.45) is 0.792. The summed E-state index contributed by atoms with van der Waals surface area (Å²) in [5.41, 5.74) is -0.756. The Labute approximate surface area is 145 Å². The first kappa shape index (κ1) is 19.5. The van der Waals surface area contributed by atoms with Gasteiger partial charge in [0, 0.05) is 26.2 Å². The molecule has 1 aromatic carbocycles.